The number of ether oxygens (including phenoxy) is 1. The minimum absolute atomic E-state index is 0.0926. The summed E-state index contributed by atoms with van der Waals surface area (Å²) in [5.74, 6) is -1.19. The number of benzene rings is 3. The summed E-state index contributed by atoms with van der Waals surface area (Å²) in [6, 6.07) is 22.8. The van der Waals surface area contributed by atoms with Crippen LogP contribution >= 0.6 is 0 Å². The molecule has 2 aliphatic rings. The summed E-state index contributed by atoms with van der Waals surface area (Å²) in [6.07, 6.45) is 0.695. The molecule has 8 heteroatoms. The summed E-state index contributed by atoms with van der Waals surface area (Å²) in [5, 5.41) is 2.84. The Morgan fingerprint density at radius 2 is 1.72 bits per heavy atom. The highest BCUT2D eigenvalue weighted by Gasteiger charge is 2.53. The SMILES string of the molecule is CC12CCC(=O)N1c1ccccc1C(=O)N2CC(=O)Oc1cccc(C(=O)NCc2ccccc2)c1. The molecule has 2 heterocycles. The van der Waals surface area contributed by atoms with Crippen LogP contribution in [-0.4, -0.2) is 40.8 Å². The van der Waals surface area contributed by atoms with E-state index < -0.39 is 11.6 Å². The fourth-order valence-electron chi connectivity index (χ4n) is 4.82. The first-order valence-corrected chi connectivity index (χ1v) is 11.7. The average molecular weight is 484 g/mol. The molecule has 1 N–H and O–H groups in total. The highest BCUT2D eigenvalue weighted by atomic mass is 16.5. The van der Waals surface area contributed by atoms with Gasteiger partial charge in [-0.25, -0.2) is 4.79 Å². The predicted octanol–water partition coefficient (Wildman–Crippen LogP) is 3.52. The van der Waals surface area contributed by atoms with Gasteiger partial charge in [-0.3, -0.25) is 19.3 Å². The van der Waals surface area contributed by atoms with Crippen molar-refractivity contribution in [2.45, 2.75) is 32.0 Å². The number of nitrogens with zero attached hydrogens (tertiary/aromatic N) is 2. The first-order valence-electron chi connectivity index (χ1n) is 11.7. The maximum Gasteiger partial charge on any atom is 0.331 e. The highest BCUT2D eigenvalue weighted by Crippen LogP contribution is 2.43. The van der Waals surface area contributed by atoms with Crippen molar-refractivity contribution < 1.29 is 23.9 Å². The van der Waals surface area contributed by atoms with Crippen LogP contribution in [0.4, 0.5) is 5.69 Å². The van der Waals surface area contributed by atoms with Crippen LogP contribution in [0.5, 0.6) is 5.75 Å². The van der Waals surface area contributed by atoms with Gasteiger partial charge in [0.15, 0.2) is 0 Å². The molecule has 0 radical (unpaired) electrons. The number of para-hydroxylation sites is 1. The lowest BCUT2D eigenvalue weighted by molar-refractivity contribution is -0.136. The van der Waals surface area contributed by atoms with Gasteiger partial charge in [0, 0.05) is 18.5 Å². The Hall–Kier alpha value is -4.46. The first-order chi connectivity index (χ1) is 17.4. The maximum absolute atomic E-state index is 13.3. The Morgan fingerprint density at radius 3 is 2.53 bits per heavy atom. The second kappa shape index (κ2) is 9.30. The fraction of sp³-hybridized carbons (Fsp3) is 0.214. The topological polar surface area (TPSA) is 96.0 Å². The van der Waals surface area contributed by atoms with Crippen molar-refractivity contribution in [3.05, 3.63) is 95.6 Å². The molecule has 0 aliphatic carbocycles. The summed E-state index contributed by atoms with van der Waals surface area (Å²) in [4.78, 5) is 54.5. The number of fused-ring (bicyclic) bond motifs is 3. The predicted molar refractivity (Wildman–Crippen MR) is 132 cm³/mol. The molecule has 2 aliphatic heterocycles. The van der Waals surface area contributed by atoms with Gasteiger partial charge in [0.05, 0.1) is 11.3 Å². The number of carbonyl (C=O) groups excluding carboxylic acids is 4. The van der Waals surface area contributed by atoms with E-state index in [1.165, 1.54) is 11.0 Å². The van der Waals surface area contributed by atoms with E-state index in [2.05, 4.69) is 5.32 Å². The van der Waals surface area contributed by atoms with Gasteiger partial charge in [0.1, 0.15) is 18.0 Å². The molecular weight excluding hydrogens is 458 g/mol. The van der Waals surface area contributed by atoms with Crippen molar-refractivity contribution in [3.8, 4) is 5.75 Å². The van der Waals surface area contributed by atoms with Gasteiger partial charge in [-0.1, -0.05) is 48.5 Å². The molecule has 3 aromatic carbocycles. The van der Waals surface area contributed by atoms with Crippen LogP contribution in [0.25, 0.3) is 0 Å². The van der Waals surface area contributed by atoms with E-state index in [4.69, 9.17) is 4.74 Å². The molecule has 1 unspecified atom stereocenters. The molecule has 1 atom stereocenters. The molecule has 0 spiro atoms. The van der Waals surface area contributed by atoms with Crippen LogP contribution in [0, 0.1) is 0 Å². The van der Waals surface area contributed by atoms with Gasteiger partial charge < -0.3 is 15.0 Å². The molecule has 5 rings (SSSR count). The number of amides is 3. The van der Waals surface area contributed by atoms with E-state index in [1.54, 1.807) is 54.3 Å². The third-order valence-electron chi connectivity index (χ3n) is 6.66. The second-order valence-electron chi connectivity index (χ2n) is 9.02. The summed E-state index contributed by atoms with van der Waals surface area (Å²) in [6.45, 7) is 1.82. The number of anilines is 1. The number of rotatable bonds is 6. The zero-order valence-electron chi connectivity index (χ0n) is 19.8. The van der Waals surface area contributed by atoms with E-state index >= 15 is 0 Å². The van der Waals surface area contributed by atoms with Gasteiger partial charge in [-0.05, 0) is 49.2 Å². The average Bonchev–Trinajstić information content (AvgIpc) is 3.21. The van der Waals surface area contributed by atoms with Gasteiger partial charge in [-0.15, -0.1) is 0 Å². The monoisotopic (exact) mass is 483 g/mol. The van der Waals surface area contributed by atoms with Crippen molar-refractivity contribution in [3.63, 3.8) is 0 Å². The zero-order chi connectivity index (χ0) is 25.3. The molecule has 182 valence electrons. The smallest absolute Gasteiger partial charge is 0.331 e. The van der Waals surface area contributed by atoms with Gasteiger partial charge >= 0.3 is 5.97 Å². The first kappa shape index (κ1) is 23.3. The van der Waals surface area contributed by atoms with E-state index in [0.717, 1.165) is 5.56 Å². The molecule has 3 amide bonds. The Bertz CT molecular complexity index is 1360. The van der Waals surface area contributed by atoms with E-state index in [9.17, 15) is 19.2 Å². The van der Waals surface area contributed by atoms with Crippen LogP contribution in [0.3, 0.4) is 0 Å². The maximum atomic E-state index is 13.3. The quantitative estimate of drug-likeness (QED) is 0.428. The van der Waals surface area contributed by atoms with E-state index in [-0.39, 0.29) is 36.4 Å². The third-order valence-corrected chi connectivity index (χ3v) is 6.66. The number of carbonyl (C=O) groups is 4. The van der Waals surface area contributed by atoms with Gasteiger partial charge in [0.2, 0.25) is 5.91 Å². The molecular formula is C28H25N3O5. The third kappa shape index (κ3) is 4.22. The van der Waals surface area contributed by atoms with Crippen LogP contribution in [-0.2, 0) is 16.1 Å². The Balaban J connectivity index is 1.29. The lowest BCUT2D eigenvalue weighted by atomic mass is 9.98. The van der Waals surface area contributed by atoms with Crippen LogP contribution in [0.2, 0.25) is 0 Å². The fourth-order valence-corrected chi connectivity index (χ4v) is 4.82. The molecule has 3 aromatic rings. The molecule has 0 bridgehead atoms. The molecule has 0 saturated carbocycles. The van der Waals surface area contributed by atoms with Crippen LogP contribution in [0.1, 0.15) is 46.0 Å². The number of hydrogen-bond acceptors (Lipinski definition) is 5. The van der Waals surface area contributed by atoms with Gasteiger partial charge in [-0.2, -0.15) is 0 Å². The summed E-state index contributed by atoms with van der Waals surface area (Å²) < 4.78 is 5.51. The summed E-state index contributed by atoms with van der Waals surface area (Å²) >= 11 is 0. The standard InChI is InChI=1S/C28H25N3O5/c1-28-15-14-24(32)31(28)23-13-6-5-12-22(23)27(35)30(28)18-25(33)36-21-11-7-10-20(16-21)26(34)29-17-19-8-3-2-4-9-19/h2-13,16H,14-15,17-18H2,1H3,(H,29,34). The number of esters is 1. The normalized spacial score (nSPS) is 18.5. The molecule has 0 aromatic heterocycles. The van der Waals surface area contributed by atoms with Crippen molar-refractivity contribution in [2.75, 3.05) is 11.4 Å². The second-order valence-corrected chi connectivity index (χ2v) is 9.02. The molecule has 1 saturated heterocycles. The highest BCUT2D eigenvalue weighted by molar-refractivity contribution is 6.11. The van der Waals surface area contributed by atoms with Crippen LogP contribution in [0.15, 0.2) is 78.9 Å². The largest absolute Gasteiger partial charge is 0.425 e. The lowest BCUT2D eigenvalue weighted by Crippen LogP contribution is -2.63. The minimum Gasteiger partial charge on any atom is -0.425 e. The van der Waals surface area contributed by atoms with Gasteiger partial charge in [0.25, 0.3) is 11.8 Å². The zero-order valence-corrected chi connectivity index (χ0v) is 19.8. The number of nitrogens with one attached hydrogen (secondary N) is 1. The molecule has 1 fully saturated rings. The Morgan fingerprint density at radius 1 is 0.972 bits per heavy atom. The van der Waals surface area contributed by atoms with Crippen molar-refractivity contribution in [2.24, 2.45) is 0 Å². The molecule has 8 nitrogen and oxygen atoms in total. The van der Waals surface area contributed by atoms with E-state index in [0.29, 0.717) is 29.8 Å². The Kier molecular flexibility index (Phi) is 6.01. The minimum atomic E-state index is -0.958. The summed E-state index contributed by atoms with van der Waals surface area (Å²) in [7, 11) is 0. The molecule has 36 heavy (non-hydrogen) atoms. The summed E-state index contributed by atoms with van der Waals surface area (Å²) in [5.41, 5.74) is 1.29. The van der Waals surface area contributed by atoms with Crippen LogP contribution < -0.4 is 15.0 Å². The number of hydrogen-bond donors (Lipinski definition) is 1. The van der Waals surface area contributed by atoms with E-state index in [1.807, 2.05) is 30.3 Å². The van der Waals surface area contributed by atoms with Crippen molar-refractivity contribution >= 4 is 29.4 Å². The Labute approximate surface area is 208 Å². The lowest BCUT2D eigenvalue weighted by Gasteiger charge is -2.48. The van der Waals surface area contributed by atoms with Crippen molar-refractivity contribution in [1.82, 2.24) is 10.2 Å². The van der Waals surface area contributed by atoms with Crippen molar-refractivity contribution in [1.29, 1.82) is 0 Å².